The lowest BCUT2D eigenvalue weighted by Gasteiger charge is -2.26. The molecular formula is C10H22BrO4P. The summed E-state index contributed by atoms with van der Waals surface area (Å²) in [6.45, 7) is 6.89. The fourth-order valence-corrected chi connectivity index (χ4v) is 4.25. The summed E-state index contributed by atoms with van der Waals surface area (Å²) in [6, 6.07) is -0.721. The summed E-state index contributed by atoms with van der Waals surface area (Å²) >= 11 is 3.32. The van der Waals surface area contributed by atoms with Gasteiger partial charge in [0.15, 0.2) is 0 Å². The normalized spacial score (nSPS) is 15.3. The lowest BCUT2D eigenvalue weighted by atomic mass is 10.6. The van der Waals surface area contributed by atoms with Gasteiger partial charge in [-0.1, -0.05) is 15.9 Å². The molecule has 0 aliphatic carbocycles. The average Bonchev–Trinajstić information content (AvgIpc) is 2.26. The third-order valence-corrected chi connectivity index (χ3v) is 5.03. The molecule has 0 aliphatic rings. The molecule has 0 saturated carbocycles. The van der Waals surface area contributed by atoms with Crippen LogP contribution in [0.1, 0.15) is 27.2 Å². The number of rotatable bonds is 10. The number of alkyl halides is 1. The molecule has 0 bridgehead atoms. The van der Waals surface area contributed by atoms with Crippen LogP contribution < -0.4 is 0 Å². The van der Waals surface area contributed by atoms with Crippen LogP contribution >= 0.6 is 23.3 Å². The Morgan fingerprint density at radius 1 is 1.12 bits per heavy atom. The minimum atomic E-state index is -2.85. The quantitative estimate of drug-likeness (QED) is 0.352. The number of ether oxygens (including phenoxy) is 2. The van der Waals surface area contributed by atoms with Crippen molar-refractivity contribution < 1.29 is 18.6 Å². The van der Waals surface area contributed by atoms with Gasteiger partial charge >= 0.3 is 0 Å². The standard InChI is InChI=1S/C10H22BrO4P/c1-4-13-10(14-5-2)16(12,15-6-3)9-7-8-11/h10H,4-9H2,1-3H3/t16-/m1/s1. The summed E-state index contributed by atoms with van der Waals surface area (Å²) in [4.78, 5) is 0. The maximum Gasteiger partial charge on any atom is 0.257 e. The second-order valence-corrected chi connectivity index (χ2v) is 6.50. The molecule has 0 aromatic carbocycles. The molecule has 0 aliphatic heterocycles. The van der Waals surface area contributed by atoms with Crippen molar-refractivity contribution >= 4 is 23.3 Å². The molecule has 0 aromatic heterocycles. The fourth-order valence-electron chi connectivity index (χ4n) is 1.29. The monoisotopic (exact) mass is 316 g/mol. The highest BCUT2D eigenvalue weighted by Crippen LogP contribution is 2.53. The zero-order valence-electron chi connectivity index (χ0n) is 10.3. The summed E-state index contributed by atoms with van der Waals surface area (Å²) in [5, 5.41) is 0.801. The molecule has 0 N–H and O–H groups in total. The van der Waals surface area contributed by atoms with Gasteiger partial charge in [-0.05, 0) is 27.2 Å². The van der Waals surface area contributed by atoms with Crippen LogP contribution in [-0.2, 0) is 18.6 Å². The third-order valence-electron chi connectivity index (χ3n) is 1.89. The molecule has 0 radical (unpaired) electrons. The number of hydrogen-bond donors (Lipinski definition) is 0. The third kappa shape index (κ3) is 5.78. The van der Waals surface area contributed by atoms with Gasteiger partial charge in [-0.2, -0.15) is 0 Å². The van der Waals surface area contributed by atoms with Crippen LogP contribution in [0.25, 0.3) is 0 Å². The minimum Gasteiger partial charge on any atom is -0.345 e. The summed E-state index contributed by atoms with van der Waals surface area (Å²) in [5.41, 5.74) is 0. The Morgan fingerprint density at radius 2 is 1.69 bits per heavy atom. The van der Waals surface area contributed by atoms with E-state index in [2.05, 4.69) is 15.9 Å². The summed E-state index contributed by atoms with van der Waals surface area (Å²) in [6.07, 6.45) is 1.27. The maximum atomic E-state index is 12.6. The highest BCUT2D eigenvalue weighted by atomic mass is 79.9. The van der Waals surface area contributed by atoms with Gasteiger partial charge in [0, 0.05) is 24.7 Å². The van der Waals surface area contributed by atoms with E-state index in [0.717, 1.165) is 11.8 Å². The van der Waals surface area contributed by atoms with Crippen molar-refractivity contribution in [3.05, 3.63) is 0 Å². The molecule has 0 fully saturated rings. The van der Waals surface area contributed by atoms with Crippen LogP contribution in [0, 0.1) is 0 Å². The molecule has 98 valence electrons. The molecule has 0 aromatic rings. The van der Waals surface area contributed by atoms with Crippen molar-refractivity contribution in [1.82, 2.24) is 0 Å². The first kappa shape index (κ1) is 16.6. The number of hydrogen-bond acceptors (Lipinski definition) is 4. The summed E-state index contributed by atoms with van der Waals surface area (Å²) in [7, 11) is -2.85. The predicted molar refractivity (Wildman–Crippen MR) is 69.6 cm³/mol. The highest BCUT2D eigenvalue weighted by molar-refractivity contribution is 9.09. The van der Waals surface area contributed by atoms with E-state index in [1.54, 1.807) is 0 Å². The lowest BCUT2D eigenvalue weighted by molar-refractivity contribution is -0.0888. The van der Waals surface area contributed by atoms with Gasteiger partial charge in [-0.25, -0.2) is 0 Å². The topological polar surface area (TPSA) is 44.8 Å². The van der Waals surface area contributed by atoms with E-state index in [0.29, 0.717) is 26.0 Å². The Bertz CT molecular complexity index is 207. The Balaban J connectivity index is 4.58. The largest absolute Gasteiger partial charge is 0.345 e. The van der Waals surface area contributed by atoms with Gasteiger partial charge in [-0.3, -0.25) is 4.57 Å². The second-order valence-electron chi connectivity index (χ2n) is 3.13. The van der Waals surface area contributed by atoms with Crippen molar-refractivity contribution in [3.8, 4) is 0 Å². The molecule has 0 amide bonds. The van der Waals surface area contributed by atoms with Crippen LogP contribution in [0.3, 0.4) is 0 Å². The number of halogens is 1. The molecule has 6 heteroatoms. The van der Waals surface area contributed by atoms with E-state index in [-0.39, 0.29) is 0 Å². The summed E-state index contributed by atoms with van der Waals surface area (Å²) in [5.74, 6) is 0. The Labute approximate surface area is 107 Å². The Kier molecular flexibility index (Phi) is 9.96. The van der Waals surface area contributed by atoms with E-state index < -0.39 is 13.4 Å². The van der Waals surface area contributed by atoms with Crippen LogP contribution in [0.4, 0.5) is 0 Å². The minimum absolute atomic E-state index is 0.413. The van der Waals surface area contributed by atoms with Gasteiger partial charge < -0.3 is 14.0 Å². The van der Waals surface area contributed by atoms with Crippen LogP contribution in [0.15, 0.2) is 0 Å². The fraction of sp³-hybridized carbons (Fsp3) is 1.00. The van der Waals surface area contributed by atoms with Crippen LogP contribution in [0.2, 0.25) is 0 Å². The first-order valence-electron chi connectivity index (χ1n) is 5.67. The van der Waals surface area contributed by atoms with Gasteiger partial charge in [0.25, 0.3) is 7.37 Å². The average molecular weight is 317 g/mol. The SMILES string of the molecule is CCOC(OCC)[P@@](=O)(CCCBr)OCC. The molecule has 16 heavy (non-hydrogen) atoms. The van der Waals surface area contributed by atoms with Crippen molar-refractivity contribution in [2.24, 2.45) is 0 Å². The predicted octanol–water partition coefficient (Wildman–Crippen LogP) is 3.44. The van der Waals surface area contributed by atoms with E-state index >= 15 is 0 Å². The highest BCUT2D eigenvalue weighted by Gasteiger charge is 2.34. The molecular weight excluding hydrogens is 295 g/mol. The van der Waals surface area contributed by atoms with E-state index in [9.17, 15) is 4.57 Å². The molecule has 1 atom stereocenters. The zero-order valence-corrected chi connectivity index (χ0v) is 12.8. The van der Waals surface area contributed by atoms with Crippen molar-refractivity contribution in [2.75, 3.05) is 31.3 Å². The molecule has 0 saturated heterocycles. The van der Waals surface area contributed by atoms with Gasteiger partial charge in [0.05, 0.1) is 6.61 Å². The smallest absolute Gasteiger partial charge is 0.257 e. The lowest BCUT2D eigenvalue weighted by Crippen LogP contribution is -2.21. The van der Waals surface area contributed by atoms with E-state index in [4.69, 9.17) is 14.0 Å². The zero-order chi connectivity index (χ0) is 12.4. The van der Waals surface area contributed by atoms with Gasteiger partial charge in [-0.15, -0.1) is 0 Å². The van der Waals surface area contributed by atoms with E-state index in [1.807, 2.05) is 20.8 Å². The Hall–Kier alpha value is 0.590. The van der Waals surface area contributed by atoms with Crippen molar-refractivity contribution in [3.63, 3.8) is 0 Å². The van der Waals surface area contributed by atoms with Crippen LogP contribution in [0.5, 0.6) is 0 Å². The molecule has 0 rings (SSSR count). The molecule has 0 spiro atoms. The van der Waals surface area contributed by atoms with Gasteiger partial charge in [0.2, 0.25) is 6.03 Å². The van der Waals surface area contributed by atoms with Crippen LogP contribution in [-0.4, -0.2) is 37.3 Å². The first-order valence-corrected chi connectivity index (χ1v) is 8.67. The van der Waals surface area contributed by atoms with Crippen molar-refractivity contribution in [2.45, 2.75) is 33.2 Å². The van der Waals surface area contributed by atoms with Crippen molar-refractivity contribution in [1.29, 1.82) is 0 Å². The van der Waals surface area contributed by atoms with E-state index in [1.165, 1.54) is 0 Å². The molecule has 4 nitrogen and oxygen atoms in total. The summed E-state index contributed by atoms with van der Waals surface area (Å²) < 4.78 is 28.7. The maximum absolute atomic E-state index is 12.6. The second kappa shape index (κ2) is 9.60. The molecule has 0 heterocycles. The first-order chi connectivity index (χ1) is 7.64. The van der Waals surface area contributed by atoms with Gasteiger partial charge in [0.1, 0.15) is 0 Å². The Morgan fingerprint density at radius 3 is 2.06 bits per heavy atom. The molecule has 0 unspecified atom stereocenters.